The van der Waals surface area contributed by atoms with Gasteiger partial charge in [-0.05, 0) is 24.1 Å². The second kappa shape index (κ2) is 5.28. The minimum atomic E-state index is -0.326. The maximum absolute atomic E-state index is 11.1. The average Bonchev–Trinajstić information content (AvgIpc) is 2.17. The first-order valence-electron chi connectivity index (χ1n) is 4.63. The molecule has 3 nitrogen and oxygen atoms in total. The maximum atomic E-state index is 11.1. The average molecular weight is 272 g/mol. The number of carbonyl (C=O) groups is 1. The van der Waals surface area contributed by atoms with Crippen molar-refractivity contribution in [3.05, 3.63) is 33.8 Å². The normalized spacial score (nSPS) is 12.3. The quantitative estimate of drug-likeness (QED) is 0.859. The van der Waals surface area contributed by atoms with Crippen LogP contribution in [0, 0.1) is 6.92 Å². The molecule has 4 heteroatoms. The number of carbonyl (C=O) groups excluding carboxylic acids is 1. The number of rotatable bonds is 3. The van der Waals surface area contributed by atoms with Crippen LogP contribution in [0.4, 0.5) is 0 Å². The second-order valence-electron chi connectivity index (χ2n) is 3.41. The third-order valence-corrected chi connectivity index (χ3v) is 2.86. The highest BCUT2D eigenvalue weighted by atomic mass is 79.9. The summed E-state index contributed by atoms with van der Waals surface area (Å²) in [7, 11) is 1.36. The van der Waals surface area contributed by atoms with Crippen molar-refractivity contribution in [2.24, 2.45) is 5.73 Å². The van der Waals surface area contributed by atoms with E-state index in [0.717, 1.165) is 15.6 Å². The van der Waals surface area contributed by atoms with Crippen molar-refractivity contribution >= 4 is 21.9 Å². The first-order chi connectivity index (χ1) is 7.04. The highest BCUT2D eigenvalue weighted by Gasteiger charge is 2.14. The summed E-state index contributed by atoms with van der Waals surface area (Å²) < 4.78 is 5.50. The lowest BCUT2D eigenvalue weighted by Crippen LogP contribution is -2.16. The zero-order valence-corrected chi connectivity index (χ0v) is 10.4. The maximum Gasteiger partial charge on any atom is 0.307 e. The zero-order valence-electron chi connectivity index (χ0n) is 8.79. The molecule has 15 heavy (non-hydrogen) atoms. The fourth-order valence-corrected chi connectivity index (χ4v) is 2.09. The molecule has 1 unspecified atom stereocenters. The molecule has 1 aromatic carbocycles. The summed E-state index contributed by atoms with van der Waals surface area (Å²) in [5, 5.41) is 0. The van der Waals surface area contributed by atoms with E-state index >= 15 is 0 Å². The van der Waals surface area contributed by atoms with Crippen LogP contribution in [-0.2, 0) is 9.53 Å². The number of halogens is 1. The van der Waals surface area contributed by atoms with E-state index in [2.05, 4.69) is 20.7 Å². The van der Waals surface area contributed by atoms with E-state index in [4.69, 9.17) is 5.73 Å². The summed E-state index contributed by atoms with van der Waals surface area (Å²) in [6, 6.07) is 5.55. The highest BCUT2D eigenvalue weighted by molar-refractivity contribution is 9.10. The van der Waals surface area contributed by atoms with Crippen LogP contribution in [0.5, 0.6) is 0 Å². The summed E-state index contributed by atoms with van der Waals surface area (Å²) >= 11 is 3.43. The van der Waals surface area contributed by atoms with Crippen molar-refractivity contribution in [3.63, 3.8) is 0 Å². The van der Waals surface area contributed by atoms with Gasteiger partial charge in [-0.15, -0.1) is 0 Å². The molecule has 0 aromatic heterocycles. The first kappa shape index (κ1) is 12.2. The Labute approximate surface area is 97.7 Å². The molecule has 0 bridgehead atoms. The van der Waals surface area contributed by atoms with E-state index in [1.54, 1.807) is 0 Å². The van der Waals surface area contributed by atoms with Crippen LogP contribution in [0.15, 0.2) is 22.7 Å². The van der Waals surface area contributed by atoms with E-state index in [1.165, 1.54) is 7.11 Å². The van der Waals surface area contributed by atoms with Gasteiger partial charge in [-0.25, -0.2) is 0 Å². The summed E-state index contributed by atoms with van der Waals surface area (Å²) in [4.78, 5) is 11.1. The van der Waals surface area contributed by atoms with Gasteiger partial charge in [0.1, 0.15) is 0 Å². The lowest BCUT2D eigenvalue weighted by molar-refractivity contribution is -0.141. The third kappa shape index (κ3) is 3.32. The molecule has 0 saturated heterocycles. The molecule has 0 radical (unpaired) electrons. The summed E-state index contributed by atoms with van der Waals surface area (Å²) in [5.41, 5.74) is 7.96. The van der Waals surface area contributed by atoms with Crippen molar-refractivity contribution in [3.8, 4) is 0 Å². The molecule has 2 N–H and O–H groups in total. The monoisotopic (exact) mass is 271 g/mol. The van der Waals surface area contributed by atoms with Crippen LogP contribution in [0.1, 0.15) is 23.6 Å². The molecule has 0 aliphatic heterocycles. The van der Waals surface area contributed by atoms with Crippen molar-refractivity contribution in [1.82, 2.24) is 0 Å². The standard InChI is InChI=1S/C11H14BrNO2/c1-7-3-4-8(9(12)5-7)10(13)6-11(14)15-2/h3-5,10H,6,13H2,1-2H3. The minimum absolute atomic E-state index is 0.193. The molecule has 1 aromatic rings. The SMILES string of the molecule is COC(=O)CC(N)c1ccc(C)cc1Br. The molecule has 0 aliphatic carbocycles. The molecule has 0 spiro atoms. The van der Waals surface area contributed by atoms with Crippen LogP contribution >= 0.6 is 15.9 Å². The topological polar surface area (TPSA) is 52.3 Å². The van der Waals surface area contributed by atoms with Crippen LogP contribution in [0.2, 0.25) is 0 Å². The second-order valence-corrected chi connectivity index (χ2v) is 4.27. The molecular weight excluding hydrogens is 258 g/mol. The number of nitrogens with two attached hydrogens (primary N) is 1. The zero-order chi connectivity index (χ0) is 11.4. The van der Waals surface area contributed by atoms with E-state index in [9.17, 15) is 4.79 Å². The highest BCUT2D eigenvalue weighted by Crippen LogP contribution is 2.25. The molecule has 0 amide bonds. The fourth-order valence-electron chi connectivity index (χ4n) is 1.31. The molecule has 82 valence electrons. The number of ether oxygens (including phenoxy) is 1. The Balaban J connectivity index is 2.82. The Morgan fingerprint density at radius 3 is 2.80 bits per heavy atom. The number of benzene rings is 1. The van der Waals surface area contributed by atoms with Gasteiger partial charge in [-0.1, -0.05) is 28.1 Å². The summed E-state index contributed by atoms with van der Waals surface area (Å²) in [6.45, 7) is 2.00. The summed E-state index contributed by atoms with van der Waals surface area (Å²) in [5.74, 6) is -0.296. The lowest BCUT2D eigenvalue weighted by atomic mass is 10.0. The van der Waals surface area contributed by atoms with Gasteiger partial charge < -0.3 is 10.5 Å². The van der Waals surface area contributed by atoms with E-state index in [-0.39, 0.29) is 18.4 Å². The lowest BCUT2D eigenvalue weighted by Gasteiger charge is -2.12. The Hall–Kier alpha value is -0.870. The van der Waals surface area contributed by atoms with E-state index in [0.29, 0.717) is 0 Å². The Kier molecular flexibility index (Phi) is 4.29. The van der Waals surface area contributed by atoms with Gasteiger partial charge in [0, 0.05) is 10.5 Å². The van der Waals surface area contributed by atoms with Crippen LogP contribution in [0.25, 0.3) is 0 Å². The fraction of sp³-hybridized carbons (Fsp3) is 0.364. The largest absolute Gasteiger partial charge is 0.469 e. The number of methoxy groups -OCH3 is 1. The minimum Gasteiger partial charge on any atom is -0.469 e. The van der Waals surface area contributed by atoms with Crippen molar-refractivity contribution < 1.29 is 9.53 Å². The van der Waals surface area contributed by atoms with E-state index in [1.807, 2.05) is 25.1 Å². The van der Waals surface area contributed by atoms with Crippen LogP contribution in [0.3, 0.4) is 0 Å². The smallest absolute Gasteiger partial charge is 0.307 e. The molecule has 0 heterocycles. The molecule has 0 saturated carbocycles. The summed E-state index contributed by atoms with van der Waals surface area (Å²) in [6.07, 6.45) is 0.193. The van der Waals surface area contributed by atoms with Gasteiger partial charge in [-0.2, -0.15) is 0 Å². The van der Waals surface area contributed by atoms with Gasteiger partial charge in [0.2, 0.25) is 0 Å². The number of hydrogen-bond acceptors (Lipinski definition) is 3. The van der Waals surface area contributed by atoms with Gasteiger partial charge in [0.25, 0.3) is 0 Å². The van der Waals surface area contributed by atoms with Gasteiger partial charge in [0.15, 0.2) is 0 Å². The Morgan fingerprint density at radius 2 is 2.27 bits per heavy atom. The Bertz CT molecular complexity index is 366. The predicted octanol–water partition coefficient (Wildman–Crippen LogP) is 2.32. The molecule has 0 aliphatic rings. The van der Waals surface area contributed by atoms with Gasteiger partial charge in [0.05, 0.1) is 13.5 Å². The molecule has 1 atom stereocenters. The number of aryl methyl sites for hydroxylation is 1. The van der Waals surface area contributed by atoms with Crippen molar-refractivity contribution in [1.29, 1.82) is 0 Å². The van der Waals surface area contributed by atoms with Crippen molar-refractivity contribution in [2.75, 3.05) is 7.11 Å². The number of esters is 1. The van der Waals surface area contributed by atoms with E-state index < -0.39 is 0 Å². The predicted molar refractivity (Wildman–Crippen MR) is 62.4 cm³/mol. The number of hydrogen-bond donors (Lipinski definition) is 1. The van der Waals surface area contributed by atoms with Gasteiger partial charge >= 0.3 is 5.97 Å². The first-order valence-corrected chi connectivity index (χ1v) is 5.42. The molecule has 1 rings (SSSR count). The van der Waals surface area contributed by atoms with Crippen molar-refractivity contribution in [2.45, 2.75) is 19.4 Å². The van der Waals surface area contributed by atoms with Gasteiger partial charge in [-0.3, -0.25) is 4.79 Å². The molecule has 0 fully saturated rings. The van der Waals surface area contributed by atoms with Crippen LogP contribution in [-0.4, -0.2) is 13.1 Å². The third-order valence-electron chi connectivity index (χ3n) is 2.17. The Morgan fingerprint density at radius 1 is 1.60 bits per heavy atom. The van der Waals surface area contributed by atoms with Crippen LogP contribution < -0.4 is 5.73 Å². The molecular formula is C11H14BrNO2.